The van der Waals surface area contributed by atoms with Gasteiger partial charge in [-0.1, -0.05) is 47.2 Å². The number of hydrogen-bond acceptors (Lipinski definition) is 4. The Morgan fingerprint density at radius 1 is 1.11 bits per heavy atom. The number of halogens is 1. The van der Waals surface area contributed by atoms with Crippen LogP contribution in [-0.2, 0) is 11.2 Å². The number of rotatable bonds is 3. The lowest BCUT2D eigenvalue weighted by Crippen LogP contribution is -2.49. The van der Waals surface area contributed by atoms with Gasteiger partial charge in [0.25, 0.3) is 0 Å². The zero-order chi connectivity index (χ0) is 19.0. The fourth-order valence-corrected chi connectivity index (χ4v) is 4.70. The molecule has 0 N–H and O–H groups in total. The molecule has 3 aromatic rings. The molecule has 4 nitrogen and oxygen atoms in total. The quantitative estimate of drug-likeness (QED) is 0.652. The minimum absolute atomic E-state index is 0.199. The van der Waals surface area contributed by atoms with Crippen molar-refractivity contribution < 1.29 is 4.79 Å². The van der Waals surface area contributed by atoms with Crippen molar-refractivity contribution in [1.29, 1.82) is 0 Å². The van der Waals surface area contributed by atoms with E-state index in [1.807, 2.05) is 23.1 Å². The highest BCUT2D eigenvalue weighted by Crippen LogP contribution is 2.33. The van der Waals surface area contributed by atoms with Gasteiger partial charge >= 0.3 is 0 Å². The van der Waals surface area contributed by atoms with Crippen molar-refractivity contribution >= 4 is 44.2 Å². The number of carbonyl (C=O) groups is 1. The molecule has 4 rings (SSSR count). The second-order valence-corrected chi connectivity index (χ2v) is 8.46. The van der Waals surface area contributed by atoms with Crippen LogP contribution in [0, 0.1) is 13.8 Å². The van der Waals surface area contributed by atoms with Crippen LogP contribution in [0.1, 0.15) is 16.7 Å². The number of anilines is 1. The van der Waals surface area contributed by atoms with Crippen LogP contribution in [0.15, 0.2) is 36.4 Å². The number of fused-ring (bicyclic) bond motifs is 1. The van der Waals surface area contributed by atoms with Crippen LogP contribution in [0.25, 0.3) is 10.2 Å². The highest BCUT2D eigenvalue weighted by Gasteiger charge is 2.23. The highest BCUT2D eigenvalue weighted by atomic mass is 35.5. The predicted molar refractivity (Wildman–Crippen MR) is 113 cm³/mol. The minimum atomic E-state index is 0.199. The number of hydrogen-bond donors (Lipinski definition) is 0. The third kappa shape index (κ3) is 3.80. The normalized spacial score (nSPS) is 14.8. The highest BCUT2D eigenvalue weighted by molar-refractivity contribution is 7.22. The van der Waals surface area contributed by atoms with E-state index in [1.165, 1.54) is 11.1 Å². The fourth-order valence-electron chi connectivity index (χ4n) is 3.39. The van der Waals surface area contributed by atoms with Gasteiger partial charge in [0.2, 0.25) is 5.91 Å². The molecule has 1 fully saturated rings. The molecule has 1 saturated heterocycles. The van der Waals surface area contributed by atoms with Crippen molar-refractivity contribution in [3.05, 3.63) is 58.1 Å². The average molecular weight is 400 g/mol. The Hall–Kier alpha value is -2.11. The molecule has 0 spiro atoms. The summed E-state index contributed by atoms with van der Waals surface area (Å²) in [5.74, 6) is 0.199. The molecule has 2 heterocycles. The molecular weight excluding hydrogens is 378 g/mol. The van der Waals surface area contributed by atoms with Crippen molar-refractivity contribution in [2.75, 3.05) is 31.1 Å². The molecule has 140 valence electrons. The maximum absolute atomic E-state index is 12.7. The average Bonchev–Trinajstić information content (AvgIpc) is 3.11. The van der Waals surface area contributed by atoms with E-state index in [1.54, 1.807) is 11.3 Å². The second-order valence-electron chi connectivity index (χ2n) is 7.05. The van der Waals surface area contributed by atoms with Gasteiger partial charge in [-0.25, -0.2) is 4.98 Å². The van der Waals surface area contributed by atoms with E-state index in [-0.39, 0.29) is 5.91 Å². The topological polar surface area (TPSA) is 36.4 Å². The molecule has 0 unspecified atom stereocenters. The molecule has 0 bridgehead atoms. The van der Waals surface area contributed by atoms with Gasteiger partial charge < -0.3 is 9.80 Å². The Morgan fingerprint density at radius 3 is 2.59 bits per heavy atom. The first-order valence-electron chi connectivity index (χ1n) is 9.15. The first kappa shape index (κ1) is 18.3. The van der Waals surface area contributed by atoms with Gasteiger partial charge in [-0.05, 0) is 42.7 Å². The van der Waals surface area contributed by atoms with Crippen molar-refractivity contribution in [3.8, 4) is 0 Å². The van der Waals surface area contributed by atoms with Gasteiger partial charge in [0.05, 0.1) is 16.1 Å². The van der Waals surface area contributed by atoms with Crippen LogP contribution >= 0.6 is 22.9 Å². The van der Waals surface area contributed by atoms with Crippen LogP contribution in [0.5, 0.6) is 0 Å². The number of thiazole rings is 1. The lowest BCUT2D eigenvalue weighted by atomic mass is 10.0. The van der Waals surface area contributed by atoms with E-state index in [0.29, 0.717) is 11.4 Å². The van der Waals surface area contributed by atoms with E-state index in [2.05, 4.69) is 36.9 Å². The zero-order valence-corrected chi connectivity index (χ0v) is 17.1. The van der Waals surface area contributed by atoms with E-state index in [0.717, 1.165) is 47.1 Å². The number of aromatic nitrogens is 1. The molecule has 1 aromatic heterocycles. The van der Waals surface area contributed by atoms with Crippen LogP contribution in [-0.4, -0.2) is 42.0 Å². The molecular formula is C21H22ClN3OS. The van der Waals surface area contributed by atoms with Gasteiger partial charge in [0.1, 0.15) is 5.52 Å². The summed E-state index contributed by atoms with van der Waals surface area (Å²) in [5.41, 5.74) is 4.45. The standard InChI is InChI=1S/C21H22ClN3OS/c1-14-6-7-16(12-15(14)2)13-19(26)24-8-10-25(11-9-24)21-23-20-17(22)4-3-5-18(20)27-21/h3-7,12H,8-11,13H2,1-2H3. The summed E-state index contributed by atoms with van der Waals surface area (Å²) in [7, 11) is 0. The van der Waals surface area contributed by atoms with Gasteiger partial charge in [0.15, 0.2) is 5.13 Å². The number of amides is 1. The fraction of sp³-hybridized carbons (Fsp3) is 0.333. The Morgan fingerprint density at radius 2 is 1.89 bits per heavy atom. The summed E-state index contributed by atoms with van der Waals surface area (Å²) in [4.78, 5) is 21.6. The van der Waals surface area contributed by atoms with Crippen molar-refractivity contribution in [1.82, 2.24) is 9.88 Å². The molecule has 1 aliphatic heterocycles. The van der Waals surface area contributed by atoms with E-state index in [4.69, 9.17) is 16.6 Å². The molecule has 6 heteroatoms. The van der Waals surface area contributed by atoms with Gasteiger partial charge in [-0.15, -0.1) is 0 Å². The van der Waals surface area contributed by atoms with Gasteiger partial charge in [-0.3, -0.25) is 4.79 Å². The Balaban J connectivity index is 1.39. The maximum Gasteiger partial charge on any atom is 0.227 e. The Kier molecular flexibility index (Phi) is 5.06. The molecule has 0 atom stereocenters. The molecule has 0 aliphatic carbocycles. The van der Waals surface area contributed by atoms with Crippen molar-refractivity contribution in [2.24, 2.45) is 0 Å². The molecule has 0 saturated carbocycles. The van der Waals surface area contributed by atoms with Crippen molar-refractivity contribution in [2.45, 2.75) is 20.3 Å². The van der Waals surface area contributed by atoms with E-state index < -0.39 is 0 Å². The lowest BCUT2D eigenvalue weighted by Gasteiger charge is -2.34. The van der Waals surface area contributed by atoms with E-state index in [9.17, 15) is 4.79 Å². The molecule has 1 aliphatic rings. The number of aryl methyl sites for hydroxylation is 2. The third-order valence-electron chi connectivity index (χ3n) is 5.19. The van der Waals surface area contributed by atoms with Crippen LogP contribution in [0.4, 0.5) is 5.13 Å². The smallest absolute Gasteiger partial charge is 0.227 e. The summed E-state index contributed by atoms with van der Waals surface area (Å²) < 4.78 is 1.10. The summed E-state index contributed by atoms with van der Waals surface area (Å²) in [6, 6.07) is 12.1. The zero-order valence-electron chi connectivity index (χ0n) is 15.5. The molecule has 0 radical (unpaired) electrons. The SMILES string of the molecule is Cc1ccc(CC(=O)N2CCN(c3nc4c(Cl)cccc4s3)CC2)cc1C. The van der Waals surface area contributed by atoms with Gasteiger partial charge in [-0.2, -0.15) is 0 Å². The first-order chi connectivity index (χ1) is 13.0. The number of benzene rings is 2. The Labute approximate surface area is 168 Å². The lowest BCUT2D eigenvalue weighted by molar-refractivity contribution is -0.130. The second kappa shape index (κ2) is 7.49. The minimum Gasteiger partial charge on any atom is -0.345 e. The molecule has 1 amide bonds. The number of nitrogens with zero attached hydrogens (tertiary/aromatic N) is 3. The summed E-state index contributed by atoms with van der Waals surface area (Å²) in [6.07, 6.45) is 0.470. The van der Waals surface area contributed by atoms with Gasteiger partial charge in [0, 0.05) is 26.2 Å². The summed E-state index contributed by atoms with van der Waals surface area (Å²) >= 11 is 7.90. The first-order valence-corrected chi connectivity index (χ1v) is 10.3. The number of piperazine rings is 1. The third-order valence-corrected chi connectivity index (χ3v) is 6.57. The van der Waals surface area contributed by atoms with Crippen molar-refractivity contribution in [3.63, 3.8) is 0 Å². The Bertz CT molecular complexity index is 992. The number of para-hydroxylation sites is 1. The molecule has 2 aromatic carbocycles. The summed E-state index contributed by atoms with van der Waals surface area (Å²) in [6.45, 7) is 7.24. The van der Waals surface area contributed by atoms with Crippen LogP contribution in [0.3, 0.4) is 0 Å². The van der Waals surface area contributed by atoms with Crippen LogP contribution < -0.4 is 4.90 Å². The summed E-state index contributed by atoms with van der Waals surface area (Å²) in [5, 5.41) is 1.68. The maximum atomic E-state index is 12.7. The monoisotopic (exact) mass is 399 g/mol. The van der Waals surface area contributed by atoms with E-state index >= 15 is 0 Å². The number of carbonyl (C=O) groups excluding carboxylic acids is 1. The largest absolute Gasteiger partial charge is 0.345 e. The molecule has 27 heavy (non-hydrogen) atoms. The predicted octanol–water partition coefficient (Wildman–Crippen LogP) is 4.46. The van der Waals surface area contributed by atoms with Crippen LogP contribution in [0.2, 0.25) is 5.02 Å².